The first-order valence-corrected chi connectivity index (χ1v) is 8.90. The Kier molecular flexibility index (Phi) is 5.68. The van der Waals surface area contributed by atoms with E-state index in [1.807, 2.05) is 18.2 Å². The maximum absolute atomic E-state index is 12.3. The molecular weight excluding hydrogens is 288 g/mol. The second-order valence-corrected chi connectivity index (χ2v) is 6.93. The number of nitrogens with two attached hydrogens (primary N) is 1. The molecule has 2 aliphatic carbocycles. The van der Waals surface area contributed by atoms with E-state index in [1.54, 1.807) is 0 Å². The van der Waals surface area contributed by atoms with Gasteiger partial charge in [0.1, 0.15) is 0 Å². The number of carbonyl (C=O) groups excluding carboxylic acids is 1. The molecule has 2 fully saturated rings. The molecule has 2 bridgehead atoms. The van der Waals surface area contributed by atoms with Gasteiger partial charge in [-0.15, -0.1) is 0 Å². The van der Waals surface area contributed by atoms with Crippen LogP contribution in [0.3, 0.4) is 0 Å². The molecule has 0 spiro atoms. The predicted molar refractivity (Wildman–Crippen MR) is 90.9 cm³/mol. The Labute approximate surface area is 138 Å². The maximum Gasteiger partial charge on any atom is 0.224 e. The van der Waals surface area contributed by atoms with Crippen molar-refractivity contribution in [2.75, 3.05) is 19.8 Å². The SMILES string of the molecule is NC1C2CCC(C2)C1C(=O)NCCCOCCc1ccccc1. The number of nitrogens with one attached hydrogen (secondary N) is 1. The van der Waals surface area contributed by atoms with Crippen LogP contribution in [0.2, 0.25) is 0 Å². The summed E-state index contributed by atoms with van der Waals surface area (Å²) in [6, 6.07) is 10.4. The van der Waals surface area contributed by atoms with E-state index in [4.69, 9.17) is 10.5 Å². The van der Waals surface area contributed by atoms with Gasteiger partial charge in [-0.05, 0) is 49.5 Å². The van der Waals surface area contributed by atoms with Gasteiger partial charge in [0.2, 0.25) is 5.91 Å². The van der Waals surface area contributed by atoms with Crippen molar-refractivity contribution in [2.45, 2.75) is 38.1 Å². The molecule has 126 valence electrons. The van der Waals surface area contributed by atoms with Gasteiger partial charge in [0.05, 0.1) is 12.5 Å². The Balaban J connectivity index is 1.25. The summed E-state index contributed by atoms with van der Waals surface area (Å²) in [6.45, 7) is 2.11. The van der Waals surface area contributed by atoms with Crippen molar-refractivity contribution in [2.24, 2.45) is 23.5 Å². The minimum Gasteiger partial charge on any atom is -0.381 e. The van der Waals surface area contributed by atoms with Crippen LogP contribution in [0.1, 0.15) is 31.2 Å². The average Bonchev–Trinajstić information content (AvgIpc) is 3.16. The molecule has 4 atom stereocenters. The first kappa shape index (κ1) is 16.5. The summed E-state index contributed by atoms with van der Waals surface area (Å²) in [5.74, 6) is 1.32. The molecule has 1 aromatic rings. The van der Waals surface area contributed by atoms with E-state index in [9.17, 15) is 4.79 Å². The highest BCUT2D eigenvalue weighted by atomic mass is 16.5. The summed E-state index contributed by atoms with van der Waals surface area (Å²) in [5.41, 5.74) is 7.50. The minimum atomic E-state index is 0.0488. The van der Waals surface area contributed by atoms with Crippen molar-refractivity contribution in [1.29, 1.82) is 0 Å². The number of rotatable bonds is 8. The first-order valence-electron chi connectivity index (χ1n) is 8.90. The molecule has 0 aromatic heterocycles. The van der Waals surface area contributed by atoms with Crippen molar-refractivity contribution in [3.63, 3.8) is 0 Å². The first-order chi connectivity index (χ1) is 11.3. The molecule has 1 aromatic carbocycles. The number of amides is 1. The monoisotopic (exact) mass is 316 g/mol. The van der Waals surface area contributed by atoms with Crippen molar-refractivity contribution < 1.29 is 9.53 Å². The Morgan fingerprint density at radius 2 is 1.96 bits per heavy atom. The topological polar surface area (TPSA) is 64.4 Å². The summed E-state index contributed by atoms with van der Waals surface area (Å²) in [7, 11) is 0. The van der Waals surface area contributed by atoms with Crippen molar-refractivity contribution >= 4 is 5.91 Å². The van der Waals surface area contributed by atoms with E-state index in [0.29, 0.717) is 25.0 Å². The largest absolute Gasteiger partial charge is 0.381 e. The lowest BCUT2D eigenvalue weighted by molar-refractivity contribution is -0.127. The molecule has 4 heteroatoms. The fourth-order valence-corrected chi connectivity index (χ4v) is 4.17. The summed E-state index contributed by atoms with van der Waals surface area (Å²) in [4.78, 5) is 12.3. The molecule has 2 saturated carbocycles. The van der Waals surface area contributed by atoms with Crippen LogP contribution in [0.15, 0.2) is 30.3 Å². The van der Waals surface area contributed by atoms with E-state index in [0.717, 1.165) is 25.9 Å². The number of carbonyl (C=O) groups is 1. The number of hydrogen-bond donors (Lipinski definition) is 2. The van der Waals surface area contributed by atoms with Gasteiger partial charge in [0.25, 0.3) is 0 Å². The van der Waals surface area contributed by atoms with E-state index >= 15 is 0 Å². The Morgan fingerprint density at radius 1 is 1.17 bits per heavy atom. The lowest BCUT2D eigenvalue weighted by atomic mass is 9.84. The van der Waals surface area contributed by atoms with Gasteiger partial charge >= 0.3 is 0 Å². The molecule has 4 unspecified atom stereocenters. The van der Waals surface area contributed by atoms with E-state index in [-0.39, 0.29) is 17.9 Å². The highest BCUT2D eigenvalue weighted by Gasteiger charge is 2.48. The molecule has 0 radical (unpaired) electrons. The zero-order valence-corrected chi connectivity index (χ0v) is 13.7. The fourth-order valence-electron chi connectivity index (χ4n) is 4.17. The average molecular weight is 316 g/mol. The van der Waals surface area contributed by atoms with Crippen LogP contribution in [-0.4, -0.2) is 31.7 Å². The van der Waals surface area contributed by atoms with Crippen LogP contribution < -0.4 is 11.1 Å². The quantitative estimate of drug-likeness (QED) is 0.722. The summed E-state index contributed by atoms with van der Waals surface area (Å²) in [5, 5.41) is 3.05. The van der Waals surface area contributed by atoms with Crippen molar-refractivity contribution in [3.8, 4) is 0 Å². The Hall–Kier alpha value is -1.39. The third-order valence-electron chi connectivity index (χ3n) is 5.43. The predicted octanol–water partition coefficient (Wildman–Crippen LogP) is 2.13. The lowest BCUT2D eigenvalue weighted by Crippen LogP contribution is -2.45. The maximum atomic E-state index is 12.3. The van der Waals surface area contributed by atoms with Crippen LogP contribution in [0.5, 0.6) is 0 Å². The summed E-state index contributed by atoms with van der Waals surface area (Å²) in [6.07, 6.45) is 5.34. The molecule has 2 aliphatic rings. The van der Waals surface area contributed by atoms with E-state index < -0.39 is 0 Å². The van der Waals surface area contributed by atoms with Gasteiger partial charge in [-0.25, -0.2) is 0 Å². The second kappa shape index (κ2) is 7.93. The standard InChI is InChI=1S/C19H28N2O2/c20-18-16-8-7-15(13-16)17(18)19(22)21-10-4-11-23-12-9-14-5-2-1-3-6-14/h1-3,5-6,15-18H,4,7-13,20H2,(H,21,22). The fraction of sp³-hybridized carbons (Fsp3) is 0.632. The van der Waals surface area contributed by atoms with Crippen LogP contribution in [0, 0.1) is 17.8 Å². The molecule has 0 aliphatic heterocycles. The number of benzene rings is 1. The highest BCUT2D eigenvalue weighted by Crippen LogP contribution is 2.47. The molecule has 4 nitrogen and oxygen atoms in total. The van der Waals surface area contributed by atoms with Gasteiger partial charge < -0.3 is 15.8 Å². The molecular formula is C19H28N2O2. The molecule has 0 heterocycles. The van der Waals surface area contributed by atoms with Crippen LogP contribution in [0.25, 0.3) is 0 Å². The molecule has 1 amide bonds. The smallest absolute Gasteiger partial charge is 0.224 e. The Bertz CT molecular complexity index is 503. The minimum absolute atomic E-state index is 0.0488. The number of fused-ring (bicyclic) bond motifs is 2. The van der Waals surface area contributed by atoms with E-state index in [1.165, 1.54) is 18.4 Å². The van der Waals surface area contributed by atoms with Crippen LogP contribution >= 0.6 is 0 Å². The normalized spacial score (nSPS) is 28.9. The van der Waals surface area contributed by atoms with Gasteiger partial charge in [-0.2, -0.15) is 0 Å². The zero-order valence-electron chi connectivity index (χ0n) is 13.7. The third-order valence-corrected chi connectivity index (χ3v) is 5.43. The third kappa shape index (κ3) is 4.12. The molecule has 3 N–H and O–H groups in total. The number of ether oxygens (including phenoxy) is 1. The van der Waals surface area contributed by atoms with Gasteiger partial charge in [-0.3, -0.25) is 4.79 Å². The molecule has 23 heavy (non-hydrogen) atoms. The number of hydrogen-bond acceptors (Lipinski definition) is 3. The van der Waals surface area contributed by atoms with Gasteiger partial charge in [-0.1, -0.05) is 30.3 Å². The highest BCUT2D eigenvalue weighted by molar-refractivity contribution is 5.80. The zero-order chi connectivity index (χ0) is 16.1. The van der Waals surface area contributed by atoms with Crippen LogP contribution in [0.4, 0.5) is 0 Å². The van der Waals surface area contributed by atoms with Gasteiger partial charge in [0.15, 0.2) is 0 Å². The van der Waals surface area contributed by atoms with Crippen molar-refractivity contribution in [3.05, 3.63) is 35.9 Å². The Morgan fingerprint density at radius 3 is 2.70 bits per heavy atom. The summed E-state index contributed by atoms with van der Waals surface area (Å²) >= 11 is 0. The molecule has 0 saturated heterocycles. The lowest BCUT2D eigenvalue weighted by Gasteiger charge is -2.27. The molecule has 3 rings (SSSR count). The second-order valence-electron chi connectivity index (χ2n) is 6.93. The van der Waals surface area contributed by atoms with Gasteiger partial charge in [0, 0.05) is 19.2 Å². The summed E-state index contributed by atoms with van der Waals surface area (Å²) < 4.78 is 5.64. The van der Waals surface area contributed by atoms with E-state index in [2.05, 4.69) is 17.4 Å². The van der Waals surface area contributed by atoms with Crippen LogP contribution in [-0.2, 0) is 16.0 Å². The van der Waals surface area contributed by atoms with Crippen molar-refractivity contribution in [1.82, 2.24) is 5.32 Å².